The zero-order valence-electron chi connectivity index (χ0n) is 12.5. The number of carbonyl (C=O) groups is 1. The monoisotopic (exact) mass is 286 g/mol. The molecular formula is C16H22N4O. The predicted molar refractivity (Wildman–Crippen MR) is 82.7 cm³/mol. The van der Waals surface area contributed by atoms with Crippen molar-refractivity contribution in [2.24, 2.45) is 5.92 Å². The van der Waals surface area contributed by atoms with E-state index in [0.29, 0.717) is 13.1 Å². The molecule has 2 aromatic rings. The number of aromatic nitrogens is 2. The van der Waals surface area contributed by atoms with Crippen molar-refractivity contribution in [3.8, 4) is 0 Å². The molecule has 0 aliphatic carbocycles. The van der Waals surface area contributed by atoms with E-state index in [2.05, 4.69) is 39.9 Å². The van der Waals surface area contributed by atoms with Gasteiger partial charge in [-0.25, -0.2) is 4.98 Å². The summed E-state index contributed by atoms with van der Waals surface area (Å²) < 4.78 is 2.02. The van der Waals surface area contributed by atoms with E-state index >= 15 is 0 Å². The molecule has 21 heavy (non-hydrogen) atoms. The van der Waals surface area contributed by atoms with Gasteiger partial charge in [0, 0.05) is 37.9 Å². The molecule has 0 fully saturated rings. The summed E-state index contributed by atoms with van der Waals surface area (Å²) in [5.74, 6) is 0.0577. The Hall–Kier alpha value is -2.14. The van der Waals surface area contributed by atoms with E-state index in [1.165, 1.54) is 5.56 Å². The van der Waals surface area contributed by atoms with Gasteiger partial charge in [-0.1, -0.05) is 31.2 Å². The molecule has 1 aromatic carbocycles. The van der Waals surface area contributed by atoms with E-state index in [1.807, 2.05) is 24.7 Å². The molecule has 0 radical (unpaired) electrons. The first-order valence-corrected chi connectivity index (χ1v) is 7.15. The van der Waals surface area contributed by atoms with Gasteiger partial charge in [0.05, 0.1) is 6.33 Å². The minimum atomic E-state index is -0.0180. The third-order valence-corrected chi connectivity index (χ3v) is 3.37. The first-order chi connectivity index (χ1) is 10.2. The number of nitrogens with zero attached hydrogens (tertiary/aromatic N) is 2. The molecule has 1 heterocycles. The maximum absolute atomic E-state index is 11.8. The van der Waals surface area contributed by atoms with Crippen LogP contribution >= 0.6 is 0 Å². The maximum atomic E-state index is 11.8. The third kappa shape index (κ3) is 4.72. The van der Waals surface area contributed by atoms with E-state index < -0.39 is 0 Å². The van der Waals surface area contributed by atoms with Crippen molar-refractivity contribution in [3.63, 3.8) is 0 Å². The summed E-state index contributed by atoms with van der Waals surface area (Å²) in [4.78, 5) is 15.9. The smallest absolute Gasteiger partial charge is 0.224 e. The Balaban J connectivity index is 1.83. The number of nitrogens with one attached hydrogen (secondary N) is 2. The molecule has 1 amide bonds. The highest BCUT2D eigenvalue weighted by molar-refractivity contribution is 5.78. The first kappa shape index (κ1) is 15.3. The van der Waals surface area contributed by atoms with Crippen molar-refractivity contribution in [1.82, 2.24) is 20.2 Å². The van der Waals surface area contributed by atoms with E-state index in [4.69, 9.17) is 0 Å². The standard InChI is InChI=1S/C16H22N4O/c1-13(9-17-2)16(21)19-10-14-3-5-15(6-4-14)11-20-8-7-18-12-20/h3-8,12-13,17H,9-11H2,1-2H3,(H,19,21). The van der Waals surface area contributed by atoms with Crippen LogP contribution in [0.25, 0.3) is 0 Å². The van der Waals surface area contributed by atoms with Crippen molar-refractivity contribution in [3.05, 3.63) is 54.1 Å². The summed E-state index contributed by atoms with van der Waals surface area (Å²) in [5, 5.41) is 5.96. The number of amides is 1. The van der Waals surface area contributed by atoms with E-state index in [9.17, 15) is 4.79 Å². The number of rotatable bonds is 7. The highest BCUT2D eigenvalue weighted by Crippen LogP contribution is 2.06. The number of benzene rings is 1. The highest BCUT2D eigenvalue weighted by atomic mass is 16.1. The molecule has 5 heteroatoms. The number of imidazole rings is 1. The van der Waals surface area contributed by atoms with Gasteiger partial charge < -0.3 is 15.2 Å². The van der Waals surface area contributed by atoms with Gasteiger partial charge in [0.2, 0.25) is 5.91 Å². The Kier molecular flexibility index (Phi) is 5.51. The van der Waals surface area contributed by atoms with Crippen LogP contribution in [0, 0.1) is 5.92 Å². The Morgan fingerprint density at radius 2 is 2.00 bits per heavy atom. The fourth-order valence-electron chi connectivity index (χ4n) is 2.12. The number of carbonyl (C=O) groups excluding carboxylic acids is 1. The van der Waals surface area contributed by atoms with E-state index in [1.54, 1.807) is 12.5 Å². The molecule has 0 saturated heterocycles. The first-order valence-electron chi connectivity index (χ1n) is 7.15. The van der Waals surface area contributed by atoms with Crippen LogP contribution < -0.4 is 10.6 Å². The second-order valence-corrected chi connectivity index (χ2v) is 5.23. The minimum Gasteiger partial charge on any atom is -0.352 e. The second-order valence-electron chi connectivity index (χ2n) is 5.23. The summed E-state index contributed by atoms with van der Waals surface area (Å²) in [5.41, 5.74) is 2.32. The molecule has 0 bridgehead atoms. The van der Waals surface area contributed by atoms with Gasteiger partial charge in [-0.3, -0.25) is 4.79 Å². The van der Waals surface area contributed by atoms with Crippen LogP contribution in [0.5, 0.6) is 0 Å². The molecule has 0 aliphatic heterocycles. The second kappa shape index (κ2) is 7.59. The Bertz CT molecular complexity index is 548. The number of hydrogen-bond donors (Lipinski definition) is 2. The summed E-state index contributed by atoms with van der Waals surface area (Å²) >= 11 is 0. The topological polar surface area (TPSA) is 59.0 Å². The Labute approximate surface area is 125 Å². The molecule has 1 unspecified atom stereocenters. The van der Waals surface area contributed by atoms with Crippen LogP contribution in [0.2, 0.25) is 0 Å². The fraction of sp³-hybridized carbons (Fsp3) is 0.375. The summed E-state index contributed by atoms with van der Waals surface area (Å²) in [6.07, 6.45) is 5.52. The van der Waals surface area contributed by atoms with Crippen molar-refractivity contribution in [2.75, 3.05) is 13.6 Å². The van der Waals surface area contributed by atoms with Crippen LogP contribution in [-0.4, -0.2) is 29.1 Å². The van der Waals surface area contributed by atoms with Crippen LogP contribution in [0.3, 0.4) is 0 Å². The van der Waals surface area contributed by atoms with Gasteiger partial charge in [-0.15, -0.1) is 0 Å². The van der Waals surface area contributed by atoms with E-state index in [-0.39, 0.29) is 11.8 Å². The molecule has 2 rings (SSSR count). The molecule has 0 spiro atoms. The van der Waals surface area contributed by atoms with Gasteiger partial charge >= 0.3 is 0 Å². The highest BCUT2D eigenvalue weighted by Gasteiger charge is 2.10. The number of hydrogen-bond acceptors (Lipinski definition) is 3. The predicted octanol–water partition coefficient (Wildman–Crippen LogP) is 1.40. The largest absolute Gasteiger partial charge is 0.352 e. The maximum Gasteiger partial charge on any atom is 0.224 e. The average Bonchev–Trinajstić information content (AvgIpc) is 2.99. The molecule has 0 aliphatic rings. The zero-order chi connectivity index (χ0) is 15.1. The molecular weight excluding hydrogens is 264 g/mol. The van der Waals surface area contributed by atoms with Crippen molar-refractivity contribution >= 4 is 5.91 Å². The molecule has 5 nitrogen and oxygen atoms in total. The van der Waals surface area contributed by atoms with Crippen LogP contribution in [0.4, 0.5) is 0 Å². The van der Waals surface area contributed by atoms with Crippen LogP contribution in [-0.2, 0) is 17.9 Å². The molecule has 112 valence electrons. The third-order valence-electron chi connectivity index (χ3n) is 3.37. The lowest BCUT2D eigenvalue weighted by molar-refractivity contribution is -0.124. The van der Waals surface area contributed by atoms with Crippen LogP contribution in [0.1, 0.15) is 18.1 Å². The Morgan fingerprint density at radius 1 is 1.29 bits per heavy atom. The summed E-state index contributed by atoms with van der Waals surface area (Å²) in [6, 6.07) is 8.27. The summed E-state index contributed by atoms with van der Waals surface area (Å²) in [6.45, 7) is 3.99. The molecule has 2 N–H and O–H groups in total. The summed E-state index contributed by atoms with van der Waals surface area (Å²) in [7, 11) is 1.85. The average molecular weight is 286 g/mol. The van der Waals surface area contributed by atoms with Gasteiger partial charge in [0.1, 0.15) is 0 Å². The normalized spacial score (nSPS) is 12.1. The van der Waals surface area contributed by atoms with Gasteiger partial charge in [-0.05, 0) is 18.2 Å². The molecule has 0 saturated carbocycles. The van der Waals surface area contributed by atoms with Crippen molar-refractivity contribution in [1.29, 1.82) is 0 Å². The van der Waals surface area contributed by atoms with E-state index in [0.717, 1.165) is 12.1 Å². The SMILES string of the molecule is CNCC(C)C(=O)NCc1ccc(Cn2ccnc2)cc1. The van der Waals surface area contributed by atoms with Gasteiger partial charge in [0.25, 0.3) is 0 Å². The van der Waals surface area contributed by atoms with Crippen molar-refractivity contribution in [2.45, 2.75) is 20.0 Å². The minimum absolute atomic E-state index is 0.0180. The quantitative estimate of drug-likeness (QED) is 0.809. The lowest BCUT2D eigenvalue weighted by Gasteiger charge is -2.12. The van der Waals surface area contributed by atoms with Crippen LogP contribution in [0.15, 0.2) is 43.0 Å². The molecule has 1 aromatic heterocycles. The fourth-order valence-corrected chi connectivity index (χ4v) is 2.12. The zero-order valence-corrected chi connectivity index (χ0v) is 12.5. The van der Waals surface area contributed by atoms with Gasteiger partial charge in [-0.2, -0.15) is 0 Å². The Morgan fingerprint density at radius 3 is 2.62 bits per heavy atom. The lowest BCUT2D eigenvalue weighted by atomic mass is 10.1. The lowest BCUT2D eigenvalue weighted by Crippen LogP contribution is -2.33. The molecule has 1 atom stereocenters. The van der Waals surface area contributed by atoms with Gasteiger partial charge in [0.15, 0.2) is 0 Å². The van der Waals surface area contributed by atoms with Crippen molar-refractivity contribution < 1.29 is 4.79 Å².